The Labute approximate surface area is 239 Å². The van der Waals surface area contributed by atoms with Crippen molar-refractivity contribution < 1.29 is 14.7 Å². The third kappa shape index (κ3) is 7.55. The number of nitrogens with one attached hydrogen (secondary N) is 1. The lowest BCUT2D eigenvalue weighted by Crippen LogP contribution is -2.39. The fraction of sp³-hybridized carbons (Fsp3) is 0.481. The molecule has 4 heterocycles. The van der Waals surface area contributed by atoms with E-state index in [1.165, 1.54) is 24.8 Å². The summed E-state index contributed by atoms with van der Waals surface area (Å²) in [6, 6.07) is 7.39. The van der Waals surface area contributed by atoms with Gasteiger partial charge in [-0.3, -0.25) is 9.59 Å². The molecule has 5 N–H and O–H groups in total. The lowest BCUT2D eigenvalue weighted by atomic mass is 9.98. The molecule has 2 aromatic heterocycles. The number of hydrogen-bond acceptors (Lipinski definition) is 8. The lowest BCUT2D eigenvalue weighted by Gasteiger charge is -2.35. The average molecular weight is 578 g/mol. The number of aromatic nitrogens is 3. The number of piperidine rings is 1. The van der Waals surface area contributed by atoms with Crippen molar-refractivity contribution in [1.82, 2.24) is 25.6 Å². The quantitative estimate of drug-likeness (QED) is 0.237. The lowest BCUT2D eigenvalue weighted by molar-refractivity contribution is -0.122. The minimum Gasteiger partial charge on any atom is -0.483 e. The Morgan fingerprint density at radius 1 is 1.15 bits per heavy atom. The predicted molar refractivity (Wildman–Crippen MR) is 160 cm³/mol. The molecule has 1 aromatic carbocycles. The topological polar surface area (TPSA) is 138 Å². The number of nitrogens with zero attached hydrogens (tertiary/aromatic N) is 5. The zero-order valence-corrected chi connectivity index (χ0v) is 24.8. The van der Waals surface area contributed by atoms with E-state index < -0.39 is 0 Å². The van der Waals surface area contributed by atoms with E-state index in [0.29, 0.717) is 17.1 Å². The Hall–Kier alpha value is -3.02. The second-order valence-electron chi connectivity index (χ2n) is 8.93. The van der Waals surface area contributed by atoms with Gasteiger partial charge in [0.2, 0.25) is 0 Å². The third-order valence-electron chi connectivity index (χ3n) is 6.56. The first-order valence-electron chi connectivity index (χ1n) is 13.1. The molecule has 1 amide bonds. The molecule has 10 nitrogen and oxygen atoms in total. The number of benzene rings is 1. The summed E-state index contributed by atoms with van der Waals surface area (Å²) in [5.41, 5.74) is 4.24. The SMILES string of the molecule is CC.CSNc1ccc(Cl)cc1C(=O)N1CCCCC1c1cc2nc(N3CCCC3)c(C)cn2n1.N.O=CO. The number of fused-ring (bicyclic) bond motifs is 1. The molecule has 2 aliphatic heterocycles. The van der Waals surface area contributed by atoms with Crippen molar-refractivity contribution in [2.75, 3.05) is 35.5 Å². The fourth-order valence-corrected chi connectivity index (χ4v) is 5.53. The summed E-state index contributed by atoms with van der Waals surface area (Å²) in [7, 11) is 0. The Morgan fingerprint density at radius 2 is 1.82 bits per heavy atom. The summed E-state index contributed by atoms with van der Waals surface area (Å²) in [6.07, 6.45) is 9.37. The van der Waals surface area contributed by atoms with Crippen molar-refractivity contribution >= 4 is 53.1 Å². The van der Waals surface area contributed by atoms with Crippen LogP contribution < -0.4 is 15.8 Å². The van der Waals surface area contributed by atoms with Gasteiger partial charge in [-0.25, -0.2) is 9.50 Å². The Kier molecular flexibility index (Phi) is 12.8. The highest BCUT2D eigenvalue weighted by molar-refractivity contribution is 7.99. The molecule has 0 aliphatic carbocycles. The summed E-state index contributed by atoms with van der Waals surface area (Å²) in [5.74, 6) is 1.03. The molecular weight excluding hydrogens is 538 g/mol. The molecule has 0 radical (unpaired) electrons. The molecule has 0 saturated carbocycles. The molecule has 214 valence electrons. The van der Waals surface area contributed by atoms with Crippen molar-refractivity contribution in [3.8, 4) is 0 Å². The summed E-state index contributed by atoms with van der Waals surface area (Å²) in [6.45, 7) is 8.66. The van der Waals surface area contributed by atoms with Crippen LogP contribution in [0, 0.1) is 6.92 Å². The highest BCUT2D eigenvalue weighted by Crippen LogP contribution is 2.34. The standard InChI is InChI=1S/C24H29ClN6OS.C2H6.CH2O2.H3N/c1-16-15-31-22(26-23(16)29-10-5-6-11-29)14-20(27-31)21-7-3-4-12-30(21)24(32)18-13-17(25)8-9-19(18)28-33-2;1-2;2-1-3;/h8-9,13-15,21,28H,3-7,10-12H2,1-2H3;1-2H3;1H,(H,2,3);1H3. The Balaban J connectivity index is 0.000000833. The van der Waals surface area contributed by atoms with E-state index in [0.717, 1.165) is 60.8 Å². The number of carboxylic acid groups (broad SMARTS) is 1. The van der Waals surface area contributed by atoms with Crippen molar-refractivity contribution in [2.45, 2.75) is 58.9 Å². The van der Waals surface area contributed by atoms with Crippen LogP contribution in [0.4, 0.5) is 11.5 Å². The van der Waals surface area contributed by atoms with Gasteiger partial charge in [-0.2, -0.15) is 5.10 Å². The normalized spacial score (nSPS) is 16.4. The number of carbonyl (C=O) groups excluding carboxylic acids is 1. The number of aryl methyl sites for hydroxylation is 1. The van der Waals surface area contributed by atoms with E-state index >= 15 is 0 Å². The van der Waals surface area contributed by atoms with E-state index in [1.54, 1.807) is 12.1 Å². The zero-order chi connectivity index (χ0) is 27.7. The van der Waals surface area contributed by atoms with E-state index in [2.05, 4.69) is 22.7 Å². The van der Waals surface area contributed by atoms with Gasteiger partial charge in [0.15, 0.2) is 5.65 Å². The first kappa shape index (κ1) is 32.2. The van der Waals surface area contributed by atoms with Crippen LogP contribution in [0.25, 0.3) is 5.65 Å². The molecule has 2 saturated heterocycles. The van der Waals surface area contributed by atoms with E-state index in [4.69, 9.17) is 31.6 Å². The molecule has 12 heteroatoms. The molecule has 1 atom stereocenters. The van der Waals surface area contributed by atoms with Gasteiger partial charge in [-0.1, -0.05) is 37.4 Å². The van der Waals surface area contributed by atoms with Crippen LogP contribution in [0.5, 0.6) is 0 Å². The number of halogens is 1. The Morgan fingerprint density at radius 3 is 2.49 bits per heavy atom. The molecule has 2 fully saturated rings. The first-order valence-corrected chi connectivity index (χ1v) is 14.7. The monoisotopic (exact) mass is 577 g/mol. The van der Waals surface area contributed by atoms with Gasteiger partial charge in [0.1, 0.15) is 5.82 Å². The maximum absolute atomic E-state index is 13.7. The van der Waals surface area contributed by atoms with Crippen molar-refractivity contribution in [3.05, 3.63) is 52.3 Å². The van der Waals surface area contributed by atoms with Gasteiger partial charge >= 0.3 is 0 Å². The maximum Gasteiger partial charge on any atom is 0.290 e. The van der Waals surface area contributed by atoms with Crippen LogP contribution in [0.15, 0.2) is 30.5 Å². The largest absolute Gasteiger partial charge is 0.483 e. The minimum atomic E-state index is -0.250. The predicted octanol–water partition coefficient (Wildman–Crippen LogP) is 6.24. The summed E-state index contributed by atoms with van der Waals surface area (Å²) in [4.78, 5) is 31.3. The number of carbonyl (C=O) groups is 2. The molecule has 0 bridgehead atoms. The number of likely N-dealkylation sites (tertiary alicyclic amines) is 1. The molecule has 2 aliphatic rings. The van der Waals surface area contributed by atoms with E-state index in [1.807, 2.05) is 41.7 Å². The second-order valence-corrected chi connectivity index (χ2v) is 9.97. The van der Waals surface area contributed by atoms with Crippen LogP contribution in [-0.2, 0) is 4.79 Å². The summed E-state index contributed by atoms with van der Waals surface area (Å²) >= 11 is 7.72. The number of amides is 1. The number of hydrogen-bond donors (Lipinski definition) is 3. The van der Waals surface area contributed by atoms with E-state index in [9.17, 15) is 4.79 Å². The highest BCUT2D eigenvalue weighted by atomic mass is 35.5. The zero-order valence-electron chi connectivity index (χ0n) is 23.2. The Bertz CT molecular complexity index is 1230. The van der Waals surface area contributed by atoms with Crippen molar-refractivity contribution in [2.24, 2.45) is 0 Å². The minimum absolute atomic E-state index is 0. The van der Waals surface area contributed by atoms with E-state index in [-0.39, 0.29) is 24.6 Å². The third-order valence-corrected chi connectivity index (χ3v) is 7.22. The molecular formula is C27H40ClN7O3S. The van der Waals surface area contributed by atoms with Crippen molar-refractivity contribution in [1.29, 1.82) is 0 Å². The van der Waals surface area contributed by atoms with Crippen LogP contribution in [-0.4, -0.2) is 62.9 Å². The smallest absolute Gasteiger partial charge is 0.290 e. The van der Waals surface area contributed by atoms with Gasteiger partial charge in [-0.15, -0.1) is 0 Å². The van der Waals surface area contributed by atoms with Gasteiger partial charge < -0.3 is 25.8 Å². The van der Waals surface area contributed by atoms with Gasteiger partial charge in [0.05, 0.1) is 23.0 Å². The maximum atomic E-state index is 13.7. The van der Waals surface area contributed by atoms with Crippen LogP contribution >= 0.6 is 23.5 Å². The molecule has 0 spiro atoms. The molecule has 3 aromatic rings. The number of anilines is 2. The summed E-state index contributed by atoms with van der Waals surface area (Å²) in [5, 5.41) is 12.3. The molecule has 1 unspecified atom stereocenters. The highest BCUT2D eigenvalue weighted by Gasteiger charge is 2.32. The molecule has 5 rings (SSSR count). The molecule has 39 heavy (non-hydrogen) atoms. The second kappa shape index (κ2) is 15.5. The van der Waals surface area contributed by atoms with Crippen LogP contribution in [0.1, 0.15) is 73.6 Å². The van der Waals surface area contributed by atoms with Crippen LogP contribution in [0.3, 0.4) is 0 Å². The fourth-order valence-electron chi connectivity index (χ4n) is 4.96. The van der Waals surface area contributed by atoms with Crippen molar-refractivity contribution in [3.63, 3.8) is 0 Å². The summed E-state index contributed by atoms with van der Waals surface area (Å²) < 4.78 is 5.08. The number of rotatable bonds is 5. The first-order chi connectivity index (χ1) is 18.5. The average Bonchev–Trinajstić information content (AvgIpc) is 3.61. The van der Waals surface area contributed by atoms with Crippen LogP contribution in [0.2, 0.25) is 5.02 Å². The van der Waals surface area contributed by atoms with Gasteiger partial charge in [0, 0.05) is 48.7 Å². The van der Waals surface area contributed by atoms with Gasteiger partial charge in [0.25, 0.3) is 12.4 Å². The van der Waals surface area contributed by atoms with Gasteiger partial charge in [-0.05, 0) is 57.2 Å².